The van der Waals surface area contributed by atoms with Gasteiger partial charge in [-0.2, -0.15) is 0 Å². The molecule has 0 fully saturated rings. The van der Waals surface area contributed by atoms with Crippen molar-refractivity contribution in [1.82, 2.24) is 0 Å². The first-order valence-electron chi connectivity index (χ1n) is 2.40. The van der Waals surface area contributed by atoms with Crippen molar-refractivity contribution in [2.75, 3.05) is 6.61 Å². The highest BCUT2D eigenvalue weighted by molar-refractivity contribution is 5.66. The van der Waals surface area contributed by atoms with E-state index < -0.39 is 0 Å². The Hall–Kier alpha value is -0.790. The van der Waals surface area contributed by atoms with Crippen LogP contribution in [0.3, 0.4) is 0 Å². The Morgan fingerprint density at radius 3 is 2.25 bits per heavy atom. The zero-order chi connectivity index (χ0) is 6.57. The van der Waals surface area contributed by atoms with Crippen molar-refractivity contribution in [1.29, 1.82) is 0 Å². The summed E-state index contributed by atoms with van der Waals surface area (Å²) in [6.45, 7) is 7.08. The molecule has 0 N–H and O–H groups in total. The van der Waals surface area contributed by atoms with Crippen LogP contribution in [0.5, 0.6) is 0 Å². The largest absolute Gasteiger partial charge is 0.461 e. The molecule has 0 rings (SSSR count). The highest BCUT2D eigenvalue weighted by atomic mass is 16.5. The molecule has 0 saturated carbocycles. The highest BCUT2D eigenvalue weighted by Crippen LogP contribution is 1.86. The first-order valence-corrected chi connectivity index (χ1v) is 2.40. The molecular weight excluding hydrogens is 104 g/mol. The summed E-state index contributed by atoms with van der Waals surface area (Å²) in [7, 11) is 0. The molecule has 0 bridgehead atoms. The van der Waals surface area contributed by atoms with Gasteiger partial charge >= 0.3 is 5.97 Å². The number of esters is 1. The van der Waals surface area contributed by atoms with Crippen molar-refractivity contribution in [3.8, 4) is 0 Å². The zero-order valence-electron chi connectivity index (χ0n) is 5.23. The molecule has 2 heteroatoms. The van der Waals surface area contributed by atoms with Crippen LogP contribution in [0.25, 0.3) is 0 Å². The van der Waals surface area contributed by atoms with Gasteiger partial charge in [0.2, 0.25) is 0 Å². The van der Waals surface area contributed by atoms with E-state index in [0.29, 0.717) is 6.61 Å². The number of ether oxygens (including phenoxy) is 1. The van der Waals surface area contributed by atoms with Crippen LogP contribution in [0.2, 0.25) is 0 Å². The Labute approximate surface area is 49.1 Å². The van der Waals surface area contributed by atoms with Crippen molar-refractivity contribution in [3.63, 3.8) is 0 Å². The molecule has 0 heterocycles. The van der Waals surface area contributed by atoms with Gasteiger partial charge in [0.1, 0.15) is 6.61 Å². The van der Waals surface area contributed by atoms with Crippen molar-refractivity contribution in [3.05, 3.63) is 12.2 Å². The molecule has 2 nitrogen and oxygen atoms in total. The van der Waals surface area contributed by atoms with Gasteiger partial charge < -0.3 is 4.74 Å². The maximum Gasteiger partial charge on any atom is 0.302 e. The number of hydrogen-bond donors (Lipinski definition) is 0. The maximum absolute atomic E-state index is 10.1. The van der Waals surface area contributed by atoms with Crippen LogP contribution in [0.4, 0.5) is 0 Å². The van der Waals surface area contributed by atoms with Crippen molar-refractivity contribution in [2.24, 2.45) is 0 Å². The Bertz CT molecular complexity index is 91.1. The van der Waals surface area contributed by atoms with E-state index in [2.05, 4.69) is 11.3 Å². The summed E-state index contributed by atoms with van der Waals surface area (Å²) < 4.78 is 4.56. The minimum Gasteiger partial charge on any atom is -0.461 e. The van der Waals surface area contributed by atoms with Crippen LogP contribution in [-0.4, -0.2) is 12.6 Å². The van der Waals surface area contributed by atoms with Gasteiger partial charge in [-0.1, -0.05) is 6.58 Å². The summed E-state index contributed by atoms with van der Waals surface area (Å²) in [6, 6.07) is 0. The lowest BCUT2D eigenvalue weighted by molar-refractivity contribution is -0.139. The Morgan fingerprint density at radius 2 is 2.12 bits per heavy atom. The number of hydrogen-bond acceptors (Lipinski definition) is 2. The van der Waals surface area contributed by atoms with E-state index in [1.165, 1.54) is 6.92 Å². The second-order valence-electron chi connectivity index (χ2n) is 1.74. The van der Waals surface area contributed by atoms with E-state index >= 15 is 0 Å². The molecule has 0 aromatic heterocycles. The molecule has 0 aliphatic carbocycles. The highest BCUT2D eigenvalue weighted by Gasteiger charge is 1.89. The average Bonchev–Trinajstić information content (AvgIpc) is 1.61. The second-order valence-corrected chi connectivity index (χ2v) is 1.74. The lowest BCUT2D eigenvalue weighted by atomic mass is 10.4. The first kappa shape index (κ1) is 7.21. The molecular formula is C6H10O2. The topological polar surface area (TPSA) is 26.3 Å². The fourth-order valence-electron chi connectivity index (χ4n) is 0.225. The fourth-order valence-corrected chi connectivity index (χ4v) is 0.225. The molecule has 0 aromatic carbocycles. The van der Waals surface area contributed by atoms with Gasteiger partial charge in [0.05, 0.1) is 0 Å². The summed E-state index contributed by atoms with van der Waals surface area (Å²) in [6.07, 6.45) is 0. The molecule has 0 saturated heterocycles. The summed E-state index contributed by atoms with van der Waals surface area (Å²) in [4.78, 5) is 10.1. The summed E-state index contributed by atoms with van der Waals surface area (Å²) >= 11 is 0. The lowest BCUT2D eigenvalue weighted by Gasteiger charge is -1.97. The van der Waals surface area contributed by atoms with Gasteiger partial charge in [0, 0.05) is 6.92 Å². The SMILES string of the molecule is C=C(C)COC(C)=O. The first-order chi connectivity index (χ1) is 3.63. The van der Waals surface area contributed by atoms with Crippen LogP contribution in [-0.2, 0) is 9.53 Å². The zero-order valence-corrected chi connectivity index (χ0v) is 5.23. The molecule has 46 valence electrons. The Morgan fingerprint density at radius 1 is 1.62 bits per heavy atom. The van der Waals surface area contributed by atoms with Gasteiger partial charge in [-0.3, -0.25) is 4.79 Å². The smallest absolute Gasteiger partial charge is 0.302 e. The van der Waals surface area contributed by atoms with E-state index in [-0.39, 0.29) is 5.97 Å². The van der Waals surface area contributed by atoms with Crippen LogP contribution in [0.15, 0.2) is 12.2 Å². The molecule has 0 spiro atoms. The standard InChI is InChI=1S/C6H10O2/c1-5(2)4-8-6(3)7/h1,4H2,2-3H3. The predicted molar refractivity (Wildman–Crippen MR) is 31.4 cm³/mol. The molecule has 0 aliphatic rings. The van der Waals surface area contributed by atoms with Gasteiger partial charge in [-0.25, -0.2) is 0 Å². The summed E-state index contributed by atoms with van der Waals surface area (Å²) in [5.74, 6) is -0.256. The Balaban J connectivity index is 3.18. The second kappa shape index (κ2) is 3.24. The Kier molecular flexibility index (Phi) is 2.92. The van der Waals surface area contributed by atoms with Crippen molar-refractivity contribution >= 4 is 5.97 Å². The van der Waals surface area contributed by atoms with Gasteiger partial charge in [-0.05, 0) is 12.5 Å². The van der Waals surface area contributed by atoms with Crippen molar-refractivity contribution < 1.29 is 9.53 Å². The van der Waals surface area contributed by atoms with Gasteiger partial charge in [-0.15, -0.1) is 0 Å². The van der Waals surface area contributed by atoms with E-state index in [9.17, 15) is 4.79 Å². The van der Waals surface area contributed by atoms with Gasteiger partial charge in [0.25, 0.3) is 0 Å². The number of rotatable bonds is 2. The number of carbonyl (C=O) groups is 1. The third-order valence-electron chi connectivity index (χ3n) is 0.522. The molecule has 0 radical (unpaired) electrons. The quantitative estimate of drug-likeness (QED) is 0.397. The third kappa shape index (κ3) is 5.21. The van der Waals surface area contributed by atoms with Crippen LogP contribution < -0.4 is 0 Å². The molecule has 0 amide bonds. The van der Waals surface area contributed by atoms with Gasteiger partial charge in [0.15, 0.2) is 0 Å². The minimum atomic E-state index is -0.256. The predicted octanol–water partition coefficient (Wildman–Crippen LogP) is 1.13. The minimum absolute atomic E-state index is 0.256. The van der Waals surface area contributed by atoms with E-state index in [0.717, 1.165) is 5.57 Å². The van der Waals surface area contributed by atoms with Crippen LogP contribution in [0.1, 0.15) is 13.8 Å². The number of carbonyl (C=O) groups excluding carboxylic acids is 1. The lowest BCUT2D eigenvalue weighted by Crippen LogP contribution is -1.99. The molecule has 0 unspecified atom stereocenters. The van der Waals surface area contributed by atoms with E-state index in [1.54, 1.807) is 0 Å². The molecule has 8 heavy (non-hydrogen) atoms. The normalized spacial score (nSPS) is 8.25. The maximum atomic E-state index is 10.1. The monoisotopic (exact) mass is 114 g/mol. The molecule has 0 aromatic rings. The van der Waals surface area contributed by atoms with Crippen LogP contribution in [0, 0.1) is 0 Å². The average molecular weight is 114 g/mol. The molecule has 0 atom stereocenters. The van der Waals surface area contributed by atoms with E-state index in [4.69, 9.17) is 0 Å². The summed E-state index contributed by atoms with van der Waals surface area (Å²) in [5, 5.41) is 0. The third-order valence-corrected chi connectivity index (χ3v) is 0.522. The molecule has 0 aliphatic heterocycles. The van der Waals surface area contributed by atoms with E-state index in [1.807, 2.05) is 6.92 Å². The fraction of sp³-hybridized carbons (Fsp3) is 0.500. The van der Waals surface area contributed by atoms with Crippen LogP contribution >= 0.6 is 0 Å². The van der Waals surface area contributed by atoms with Crippen molar-refractivity contribution in [2.45, 2.75) is 13.8 Å². The summed E-state index contributed by atoms with van der Waals surface area (Å²) in [5.41, 5.74) is 0.861.